The minimum atomic E-state index is -0.392. The van der Waals surface area contributed by atoms with E-state index < -0.39 is 6.10 Å². The van der Waals surface area contributed by atoms with E-state index in [0.29, 0.717) is 12.2 Å². The number of nitrogens with one attached hydrogen (secondary N) is 1. The minimum absolute atomic E-state index is 0.215. The highest BCUT2D eigenvalue weighted by molar-refractivity contribution is 5.96. The molecule has 4 N–H and O–H groups in total. The van der Waals surface area contributed by atoms with Crippen LogP contribution in [0.15, 0.2) is 30.5 Å². The molecule has 96 valence electrons. The van der Waals surface area contributed by atoms with Gasteiger partial charge in [-0.3, -0.25) is 4.98 Å². The zero-order valence-corrected chi connectivity index (χ0v) is 10.7. The van der Waals surface area contributed by atoms with Crippen molar-refractivity contribution in [3.05, 3.63) is 30.5 Å². The molecule has 0 bridgehead atoms. The molecular formula is C14H19N3O. The molecule has 0 saturated heterocycles. The number of para-hydroxylation sites is 1. The van der Waals surface area contributed by atoms with E-state index in [0.717, 1.165) is 16.6 Å². The number of nitrogens with zero attached hydrogens (tertiary/aromatic N) is 1. The molecule has 1 aromatic heterocycles. The molecule has 4 heteroatoms. The summed E-state index contributed by atoms with van der Waals surface area (Å²) in [6, 6.07) is 7.81. The molecule has 0 saturated carbocycles. The van der Waals surface area contributed by atoms with E-state index in [-0.39, 0.29) is 5.92 Å². The fourth-order valence-electron chi connectivity index (χ4n) is 1.80. The number of aliphatic hydroxyl groups is 1. The molecule has 0 amide bonds. The lowest BCUT2D eigenvalue weighted by atomic mass is 10.1. The van der Waals surface area contributed by atoms with Gasteiger partial charge in [0.15, 0.2) is 0 Å². The van der Waals surface area contributed by atoms with Gasteiger partial charge in [0.1, 0.15) is 0 Å². The van der Waals surface area contributed by atoms with E-state index >= 15 is 0 Å². The summed E-state index contributed by atoms with van der Waals surface area (Å²) >= 11 is 0. The van der Waals surface area contributed by atoms with Crippen LogP contribution in [-0.2, 0) is 0 Å². The number of aromatic nitrogens is 1. The van der Waals surface area contributed by atoms with Crippen molar-refractivity contribution in [2.45, 2.75) is 20.0 Å². The van der Waals surface area contributed by atoms with Crippen LogP contribution in [0.25, 0.3) is 10.9 Å². The summed E-state index contributed by atoms with van der Waals surface area (Å²) in [5.74, 6) is 0.215. The van der Waals surface area contributed by atoms with Crippen LogP contribution >= 0.6 is 0 Å². The van der Waals surface area contributed by atoms with Gasteiger partial charge >= 0.3 is 0 Å². The summed E-state index contributed by atoms with van der Waals surface area (Å²) in [5, 5.41) is 14.0. The molecular weight excluding hydrogens is 226 g/mol. The smallest absolute Gasteiger partial charge is 0.0743 e. The van der Waals surface area contributed by atoms with Gasteiger partial charge < -0.3 is 16.2 Å². The molecule has 0 fully saturated rings. The van der Waals surface area contributed by atoms with Crippen molar-refractivity contribution < 1.29 is 5.11 Å². The Morgan fingerprint density at radius 1 is 1.33 bits per heavy atom. The zero-order chi connectivity index (χ0) is 13.1. The maximum atomic E-state index is 9.83. The predicted molar refractivity (Wildman–Crippen MR) is 75.5 cm³/mol. The number of nitrogens with two attached hydrogens (primary N) is 1. The van der Waals surface area contributed by atoms with Crippen LogP contribution in [0.1, 0.15) is 13.8 Å². The molecule has 0 aliphatic heterocycles. The van der Waals surface area contributed by atoms with Gasteiger partial charge in [-0.05, 0) is 12.0 Å². The first-order valence-electron chi connectivity index (χ1n) is 6.14. The highest BCUT2D eigenvalue weighted by Gasteiger charge is 2.11. The van der Waals surface area contributed by atoms with Gasteiger partial charge in [0.2, 0.25) is 0 Å². The molecule has 1 unspecified atom stereocenters. The summed E-state index contributed by atoms with van der Waals surface area (Å²) in [6.45, 7) is 4.45. The summed E-state index contributed by atoms with van der Waals surface area (Å²) in [7, 11) is 0. The highest BCUT2D eigenvalue weighted by atomic mass is 16.3. The fraction of sp³-hybridized carbons (Fsp3) is 0.357. The van der Waals surface area contributed by atoms with Crippen LogP contribution in [0.3, 0.4) is 0 Å². The second-order valence-corrected chi connectivity index (χ2v) is 4.80. The van der Waals surface area contributed by atoms with Crippen molar-refractivity contribution in [2.75, 3.05) is 17.6 Å². The third-order valence-electron chi connectivity index (χ3n) is 3.06. The maximum absolute atomic E-state index is 9.83. The normalized spacial score (nSPS) is 12.9. The third-order valence-corrected chi connectivity index (χ3v) is 3.06. The van der Waals surface area contributed by atoms with E-state index in [2.05, 4.69) is 10.3 Å². The van der Waals surface area contributed by atoms with Crippen LogP contribution in [0, 0.1) is 5.92 Å². The standard InChI is InChI=1S/C14H19N3O/c1-9(2)13(18)8-17-14-10-5-3-4-6-12(10)16-7-11(14)15/h3-7,9,13,18H,8,15H2,1-2H3,(H,16,17). The van der Waals surface area contributed by atoms with Gasteiger partial charge in [-0.2, -0.15) is 0 Å². The lowest BCUT2D eigenvalue weighted by Crippen LogP contribution is -2.25. The number of benzene rings is 1. The third kappa shape index (κ3) is 2.54. The van der Waals surface area contributed by atoms with Crippen LogP contribution in [0.5, 0.6) is 0 Å². The average molecular weight is 245 g/mol. The molecule has 2 aromatic rings. The molecule has 1 aromatic carbocycles. The van der Waals surface area contributed by atoms with E-state index in [1.165, 1.54) is 0 Å². The van der Waals surface area contributed by atoms with Gasteiger partial charge in [-0.1, -0.05) is 32.0 Å². The Labute approximate surface area is 107 Å². The number of pyridine rings is 1. The van der Waals surface area contributed by atoms with E-state index in [4.69, 9.17) is 5.73 Å². The Hall–Kier alpha value is -1.81. The quantitative estimate of drug-likeness (QED) is 0.772. The monoisotopic (exact) mass is 245 g/mol. The number of hydrogen-bond donors (Lipinski definition) is 3. The Kier molecular flexibility index (Phi) is 3.67. The van der Waals surface area contributed by atoms with E-state index in [1.54, 1.807) is 6.20 Å². The first-order chi connectivity index (χ1) is 8.59. The van der Waals surface area contributed by atoms with Gasteiger partial charge in [0, 0.05) is 11.9 Å². The Morgan fingerprint density at radius 3 is 2.78 bits per heavy atom. The molecule has 18 heavy (non-hydrogen) atoms. The van der Waals surface area contributed by atoms with Gasteiger partial charge in [0.05, 0.1) is 29.2 Å². The lowest BCUT2D eigenvalue weighted by molar-refractivity contribution is 0.138. The predicted octanol–water partition coefficient (Wildman–Crippen LogP) is 2.25. The number of aliphatic hydroxyl groups excluding tert-OH is 1. The van der Waals surface area contributed by atoms with Crippen LogP contribution in [0.4, 0.5) is 11.4 Å². The summed E-state index contributed by atoms with van der Waals surface area (Å²) in [5.41, 5.74) is 8.29. The molecule has 0 spiro atoms. The number of fused-ring (bicyclic) bond motifs is 1. The van der Waals surface area contributed by atoms with Crippen molar-refractivity contribution in [1.29, 1.82) is 0 Å². The largest absolute Gasteiger partial charge is 0.396 e. The van der Waals surface area contributed by atoms with Crippen molar-refractivity contribution in [3.8, 4) is 0 Å². The summed E-state index contributed by atoms with van der Waals surface area (Å²) in [6.07, 6.45) is 1.25. The second kappa shape index (κ2) is 5.23. The fourth-order valence-corrected chi connectivity index (χ4v) is 1.80. The van der Waals surface area contributed by atoms with Gasteiger partial charge in [-0.25, -0.2) is 0 Å². The van der Waals surface area contributed by atoms with Crippen molar-refractivity contribution >= 4 is 22.3 Å². The SMILES string of the molecule is CC(C)C(O)CNc1c(N)cnc2ccccc12. The van der Waals surface area contributed by atoms with E-state index in [1.807, 2.05) is 38.1 Å². The van der Waals surface area contributed by atoms with Gasteiger partial charge in [-0.15, -0.1) is 0 Å². The second-order valence-electron chi connectivity index (χ2n) is 4.80. The lowest BCUT2D eigenvalue weighted by Gasteiger charge is -2.18. The Bertz CT molecular complexity index is 540. The Morgan fingerprint density at radius 2 is 2.06 bits per heavy atom. The van der Waals surface area contributed by atoms with Gasteiger partial charge in [0.25, 0.3) is 0 Å². The van der Waals surface area contributed by atoms with Crippen LogP contribution < -0.4 is 11.1 Å². The zero-order valence-electron chi connectivity index (χ0n) is 10.7. The maximum Gasteiger partial charge on any atom is 0.0743 e. The van der Waals surface area contributed by atoms with E-state index in [9.17, 15) is 5.11 Å². The topological polar surface area (TPSA) is 71.2 Å². The van der Waals surface area contributed by atoms with Crippen LogP contribution in [-0.4, -0.2) is 22.7 Å². The highest BCUT2D eigenvalue weighted by Crippen LogP contribution is 2.27. The molecule has 0 radical (unpaired) electrons. The number of hydrogen-bond acceptors (Lipinski definition) is 4. The molecule has 4 nitrogen and oxygen atoms in total. The summed E-state index contributed by atoms with van der Waals surface area (Å²) < 4.78 is 0. The Balaban J connectivity index is 2.29. The molecule has 1 atom stereocenters. The average Bonchev–Trinajstić information content (AvgIpc) is 2.37. The number of rotatable bonds is 4. The number of nitrogen functional groups attached to an aromatic ring is 1. The number of anilines is 2. The molecule has 1 heterocycles. The first kappa shape index (κ1) is 12.6. The van der Waals surface area contributed by atoms with Crippen molar-refractivity contribution in [1.82, 2.24) is 4.98 Å². The minimum Gasteiger partial charge on any atom is -0.396 e. The molecule has 2 rings (SSSR count). The van der Waals surface area contributed by atoms with Crippen molar-refractivity contribution in [3.63, 3.8) is 0 Å². The molecule has 0 aliphatic rings. The first-order valence-corrected chi connectivity index (χ1v) is 6.14. The van der Waals surface area contributed by atoms with Crippen LogP contribution in [0.2, 0.25) is 0 Å². The molecule has 0 aliphatic carbocycles. The summed E-state index contributed by atoms with van der Waals surface area (Å²) in [4.78, 5) is 4.28. The van der Waals surface area contributed by atoms with Crippen molar-refractivity contribution in [2.24, 2.45) is 5.92 Å².